The third-order valence-corrected chi connectivity index (χ3v) is 3.50. The monoisotopic (exact) mass is 215 g/mol. The Morgan fingerprint density at radius 2 is 2.46 bits per heavy atom. The summed E-state index contributed by atoms with van der Waals surface area (Å²) >= 11 is 3.68. The lowest BCUT2D eigenvalue weighted by Crippen LogP contribution is -2.29. The summed E-state index contributed by atoms with van der Waals surface area (Å²) in [5.74, 6) is 1.21. The highest BCUT2D eigenvalue weighted by Gasteiger charge is 2.03. The maximum absolute atomic E-state index is 3.56. The second-order valence-electron chi connectivity index (χ2n) is 3.07. The minimum atomic E-state index is 0.662. The van der Waals surface area contributed by atoms with Crippen molar-refractivity contribution in [2.75, 3.05) is 12.0 Å². The third-order valence-electron chi connectivity index (χ3n) is 2.04. The van der Waals surface area contributed by atoms with Gasteiger partial charge in [-0.15, -0.1) is 0 Å². The van der Waals surface area contributed by atoms with Crippen molar-refractivity contribution in [3.8, 4) is 0 Å². The molecule has 0 aromatic carbocycles. The first-order valence-corrected chi connectivity index (χ1v) is 6.94. The van der Waals surface area contributed by atoms with E-state index in [1.165, 1.54) is 17.7 Å². The number of thioether (sulfide) groups is 1. The van der Waals surface area contributed by atoms with Gasteiger partial charge < -0.3 is 5.32 Å². The minimum Gasteiger partial charge on any atom is -0.309 e. The molecule has 1 rings (SSSR count). The fourth-order valence-corrected chi connectivity index (χ4v) is 2.60. The summed E-state index contributed by atoms with van der Waals surface area (Å²) < 4.78 is 0. The molecule has 1 unspecified atom stereocenters. The molecule has 1 heterocycles. The zero-order valence-corrected chi connectivity index (χ0v) is 9.88. The maximum atomic E-state index is 3.56. The van der Waals surface area contributed by atoms with Crippen molar-refractivity contribution in [1.29, 1.82) is 0 Å². The van der Waals surface area contributed by atoms with Crippen LogP contribution in [0.25, 0.3) is 0 Å². The van der Waals surface area contributed by atoms with Crippen molar-refractivity contribution in [3.63, 3.8) is 0 Å². The Labute approximate surface area is 88.9 Å². The summed E-state index contributed by atoms with van der Waals surface area (Å²) in [6.45, 7) is 3.25. The molecule has 3 heteroatoms. The molecule has 0 spiro atoms. The van der Waals surface area contributed by atoms with Crippen LogP contribution in [0.4, 0.5) is 0 Å². The van der Waals surface area contributed by atoms with Crippen LogP contribution in [0, 0.1) is 0 Å². The van der Waals surface area contributed by atoms with E-state index in [2.05, 4.69) is 35.3 Å². The Morgan fingerprint density at radius 1 is 1.62 bits per heavy atom. The molecule has 0 radical (unpaired) electrons. The van der Waals surface area contributed by atoms with Crippen LogP contribution in [0.15, 0.2) is 16.8 Å². The average molecular weight is 215 g/mol. The molecule has 74 valence electrons. The van der Waals surface area contributed by atoms with Gasteiger partial charge in [-0.25, -0.2) is 0 Å². The smallest absolute Gasteiger partial charge is 0.0216 e. The van der Waals surface area contributed by atoms with Crippen LogP contribution in [0.1, 0.15) is 18.9 Å². The molecule has 0 aliphatic heterocycles. The predicted molar refractivity (Wildman–Crippen MR) is 63.6 cm³/mol. The van der Waals surface area contributed by atoms with Crippen molar-refractivity contribution < 1.29 is 0 Å². The zero-order valence-electron chi connectivity index (χ0n) is 8.25. The van der Waals surface area contributed by atoms with E-state index in [0.717, 1.165) is 6.54 Å². The van der Waals surface area contributed by atoms with Gasteiger partial charge in [0.15, 0.2) is 0 Å². The van der Waals surface area contributed by atoms with E-state index in [9.17, 15) is 0 Å². The van der Waals surface area contributed by atoms with Gasteiger partial charge in [-0.2, -0.15) is 23.1 Å². The Kier molecular flexibility index (Phi) is 5.51. The fraction of sp³-hybridized carbons (Fsp3) is 0.600. The van der Waals surface area contributed by atoms with Crippen molar-refractivity contribution in [1.82, 2.24) is 5.32 Å². The van der Waals surface area contributed by atoms with Gasteiger partial charge in [0.05, 0.1) is 0 Å². The Balaban J connectivity index is 2.23. The summed E-state index contributed by atoms with van der Waals surface area (Å²) in [5, 5.41) is 7.90. The van der Waals surface area contributed by atoms with Gasteiger partial charge in [0.25, 0.3) is 0 Å². The summed E-state index contributed by atoms with van der Waals surface area (Å²) in [5.41, 5.74) is 1.41. The van der Waals surface area contributed by atoms with Crippen molar-refractivity contribution in [3.05, 3.63) is 22.4 Å². The van der Waals surface area contributed by atoms with E-state index in [1.54, 1.807) is 11.3 Å². The lowest BCUT2D eigenvalue weighted by Gasteiger charge is -2.14. The molecule has 0 bridgehead atoms. The largest absolute Gasteiger partial charge is 0.309 e. The second-order valence-corrected chi connectivity index (χ2v) is 4.76. The van der Waals surface area contributed by atoms with Gasteiger partial charge in [0.2, 0.25) is 0 Å². The van der Waals surface area contributed by atoms with Gasteiger partial charge in [-0.05, 0) is 35.1 Å². The number of nitrogens with one attached hydrogen (secondary N) is 1. The molecule has 13 heavy (non-hydrogen) atoms. The summed E-state index contributed by atoms with van der Waals surface area (Å²) in [7, 11) is 0. The molecular formula is C10H17NS2. The van der Waals surface area contributed by atoms with Gasteiger partial charge in [-0.1, -0.05) is 6.92 Å². The Morgan fingerprint density at radius 3 is 3.00 bits per heavy atom. The summed E-state index contributed by atoms with van der Waals surface area (Å²) in [6.07, 6.45) is 3.37. The van der Waals surface area contributed by atoms with E-state index in [0.29, 0.717) is 6.04 Å². The van der Waals surface area contributed by atoms with E-state index >= 15 is 0 Å². The van der Waals surface area contributed by atoms with Crippen molar-refractivity contribution >= 4 is 23.1 Å². The molecule has 1 atom stereocenters. The molecule has 0 saturated carbocycles. The highest BCUT2D eigenvalue weighted by molar-refractivity contribution is 7.98. The molecule has 1 aromatic heterocycles. The third kappa shape index (κ3) is 4.16. The lowest BCUT2D eigenvalue weighted by atomic mass is 10.2. The fourth-order valence-electron chi connectivity index (χ4n) is 1.18. The molecule has 0 aliphatic rings. The summed E-state index contributed by atoms with van der Waals surface area (Å²) in [4.78, 5) is 0. The highest BCUT2D eigenvalue weighted by Crippen LogP contribution is 2.07. The topological polar surface area (TPSA) is 12.0 Å². The van der Waals surface area contributed by atoms with Gasteiger partial charge in [0.1, 0.15) is 0 Å². The standard InChI is InChI=1S/C10H17NS2/c1-3-10(8-12-2)11-6-9-4-5-13-7-9/h4-5,7,10-11H,3,6,8H2,1-2H3. The van der Waals surface area contributed by atoms with Crippen molar-refractivity contribution in [2.45, 2.75) is 25.9 Å². The lowest BCUT2D eigenvalue weighted by molar-refractivity contribution is 0.542. The molecule has 0 aliphatic carbocycles. The predicted octanol–water partition coefficient (Wildman–Crippen LogP) is 2.98. The quantitative estimate of drug-likeness (QED) is 0.783. The first kappa shape index (κ1) is 11.1. The van der Waals surface area contributed by atoms with E-state index in [1.807, 2.05) is 11.8 Å². The number of thiophene rings is 1. The first-order valence-electron chi connectivity index (χ1n) is 4.60. The zero-order chi connectivity index (χ0) is 9.52. The van der Waals surface area contributed by atoms with E-state index < -0.39 is 0 Å². The highest BCUT2D eigenvalue weighted by atomic mass is 32.2. The molecule has 0 fully saturated rings. The van der Waals surface area contributed by atoms with Crippen LogP contribution in [0.5, 0.6) is 0 Å². The van der Waals surface area contributed by atoms with Crippen LogP contribution in [0.2, 0.25) is 0 Å². The van der Waals surface area contributed by atoms with E-state index in [4.69, 9.17) is 0 Å². The van der Waals surface area contributed by atoms with Crippen LogP contribution < -0.4 is 5.32 Å². The Bertz CT molecular complexity index is 209. The second kappa shape index (κ2) is 6.46. The van der Waals surface area contributed by atoms with Crippen LogP contribution in [-0.4, -0.2) is 18.1 Å². The summed E-state index contributed by atoms with van der Waals surface area (Å²) in [6, 6.07) is 2.85. The molecular weight excluding hydrogens is 198 g/mol. The number of hydrogen-bond donors (Lipinski definition) is 1. The van der Waals surface area contributed by atoms with Gasteiger partial charge >= 0.3 is 0 Å². The number of rotatable bonds is 6. The Hall–Kier alpha value is 0.01000. The SMILES string of the molecule is CCC(CSC)NCc1ccsc1. The van der Waals surface area contributed by atoms with Crippen LogP contribution in [-0.2, 0) is 6.54 Å². The molecule has 0 saturated heterocycles. The normalized spacial score (nSPS) is 13.1. The van der Waals surface area contributed by atoms with Gasteiger partial charge in [0, 0.05) is 18.3 Å². The molecule has 1 N–H and O–H groups in total. The van der Waals surface area contributed by atoms with Gasteiger partial charge in [-0.3, -0.25) is 0 Å². The van der Waals surface area contributed by atoms with Crippen LogP contribution in [0.3, 0.4) is 0 Å². The molecule has 1 nitrogen and oxygen atoms in total. The van der Waals surface area contributed by atoms with E-state index in [-0.39, 0.29) is 0 Å². The molecule has 1 aromatic rings. The maximum Gasteiger partial charge on any atom is 0.0216 e. The first-order chi connectivity index (χ1) is 6.36. The molecule has 0 amide bonds. The number of hydrogen-bond acceptors (Lipinski definition) is 3. The van der Waals surface area contributed by atoms with Crippen LogP contribution >= 0.6 is 23.1 Å². The minimum absolute atomic E-state index is 0.662. The van der Waals surface area contributed by atoms with Crippen molar-refractivity contribution in [2.24, 2.45) is 0 Å². The average Bonchev–Trinajstić information content (AvgIpc) is 2.64.